The number of alkyl halides is 3. The van der Waals surface area contributed by atoms with Gasteiger partial charge in [0.25, 0.3) is 0 Å². The van der Waals surface area contributed by atoms with Gasteiger partial charge in [0.05, 0.1) is 0 Å². The summed E-state index contributed by atoms with van der Waals surface area (Å²) in [5, 5.41) is 5.49. The van der Waals surface area contributed by atoms with Crippen LogP contribution in [0.5, 0.6) is 0 Å². The molecule has 4 fully saturated rings. The van der Waals surface area contributed by atoms with E-state index in [1.54, 1.807) is 44.1 Å². The number of hydrogen-bond donors (Lipinski definition) is 0. The molecule has 1 atom stereocenters. The molecule has 6 heteroatoms. The molecule has 286 valence electrons. The maximum Gasteiger partial charge on any atom is -1.00 e. The maximum atomic E-state index is 11.8. The molecule has 0 spiro atoms. The first-order valence-corrected chi connectivity index (χ1v) is 20.5. The van der Waals surface area contributed by atoms with Gasteiger partial charge in [-0.05, 0) is 72.5 Å². The van der Waals surface area contributed by atoms with Gasteiger partial charge in [-0.15, -0.1) is 39.7 Å². The second kappa shape index (κ2) is 17.9. The van der Waals surface area contributed by atoms with Crippen molar-refractivity contribution in [2.45, 2.75) is 117 Å². The van der Waals surface area contributed by atoms with E-state index in [9.17, 15) is 13.2 Å². The summed E-state index contributed by atoms with van der Waals surface area (Å²) in [6.07, 6.45) is 12.5. The molecule has 0 N–H and O–H groups in total. The minimum Gasteiger partial charge on any atom is -1.00 e. The van der Waals surface area contributed by atoms with E-state index in [0.29, 0.717) is 11.3 Å². The number of benzene rings is 3. The first-order valence-electron chi connectivity index (χ1n) is 18.7. The Bertz CT molecular complexity index is 1760. The second-order valence-electron chi connectivity index (χ2n) is 17.9. The van der Waals surface area contributed by atoms with Crippen molar-refractivity contribution < 1.29 is 62.2 Å². The average molecular weight is 840 g/mol. The van der Waals surface area contributed by atoms with E-state index in [-0.39, 0.29) is 35.6 Å². The second-order valence-corrected chi connectivity index (χ2v) is 17.9. The topological polar surface area (TPSA) is 0 Å². The van der Waals surface area contributed by atoms with Crippen LogP contribution in [0, 0.1) is 41.2 Å². The summed E-state index contributed by atoms with van der Waals surface area (Å²) in [5.41, 5.74) is 6.37. The number of rotatable bonds is 2. The van der Waals surface area contributed by atoms with Gasteiger partial charge in [0.1, 0.15) is 0 Å². The van der Waals surface area contributed by atoms with Crippen molar-refractivity contribution in [1.82, 2.24) is 0 Å². The van der Waals surface area contributed by atoms with Crippen LogP contribution in [-0.4, -0.2) is 4.21 Å². The van der Waals surface area contributed by atoms with Crippen LogP contribution in [0.3, 0.4) is 0 Å². The van der Waals surface area contributed by atoms with E-state index in [1.807, 2.05) is 0 Å². The van der Waals surface area contributed by atoms with Crippen LogP contribution in [0.2, 0.25) is 0 Å². The van der Waals surface area contributed by atoms with E-state index >= 15 is 0 Å². The minimum absolute atomic E-state index is 0. The SMILES string of the molecule is CC(C)(C)c1ccc2[cH-]c3ccc(C(C)(C)C)cc3c2c1.CC1=[C-]C(C)C=C1CC12CC3CC(CC(C3)C1)C2.FC(F)(F)c1cc[c-]cc1.[CH2]=[Zr+2].[Cl-].[Cl-]. The Hall–Kier alpha value is -1.87. The molecule has 5 aliphatic carbocycles. The van der Waals surface area contributed by atoms with Gasteiger partial charge in [0.2, 0.25) is 0 Å². The summed E-state index contributed by atoms with van der Waals surface area (Å²) in [6, 6.07) is 23.1. The van der Waals surface area contributed by atoms with Gasteiger partial charge in [-0.2, -0.15) is 55.2 Å². The zero-order valence-corrected chi connectivity index (χ0v) is 36.8. The number of halogens is 5. The third kappa shape index (κ3) is 11.1. The zero-order chi connectivity index (χ0) is 37.4. The Morgan fingerprint density at radius 2 is 1.17 bits per heavy atom. The largest absolute Gasteiger partial charge is 1.00 e. The third-order valence-corrected chi connectivity index (χ3v) is 11.6. The van der Waals surface area contributed by atoms with Gasteiger partial charge in [0.15, 0.2) is 0 Å². The molecule has 4 aromatic rings. The molecule has 0 aromatic heterocycles. The van der Waals surface area contributed by atoms with Crippen LogP contribution in [0.4, 0.5) is 13.2 Å². The van der Waals surface area contributed by atoms with E-state index in [2.05, 4.69) is 120 Å². The van der Waals surface area contributed by atoms with E-state index in [0.717, 1.165) is 29.9 Å². The molecular formula is C47H56Cl2F3Zr-3. The molecule has 0 saturated heterocycles. The molecule has 53 heavy (non-hydrogen) atoms. The predicted octanol–water partition coefficient (Wildman–Crippen LogP) is 7.70. The van der Waals surface area contributed by atoms with Gasteiger partial charge in [-0.3, -0.25) is 6.08 Å². The summed E-state index contributed by atoms with van der Waals surface area (Å²) in [6.45, 7) is 18.2. The van der Waals surface area contributed by atoms with Gasteiger partial charge < -0.3 is 24.8 Å². The van der Waals surface area contributed by atoms with E-state index in [4.69, 9.17) is 0 Å². The van der Waals surface area contributed by atoms with Crippen LogP contribution in [0.15, 0.2) is 84.0 Å². The first-order chi connectivity index (χ1) is 23.9. The summed E-state index contributed by atoms with van der Waals surface area (Å²) < 4.78 is 38.7. The zero-order valence-electron chi connectivity index (χ0n) is 32.8. The molecule has 4 aromatic carbocycles. The van der Waals surface area contributed by atoms with Crippen molar-refractivity contribution in [3.63, 3.8) is 0 Å². The fraction of sp³-hybridized carbons (Fsp3) is 0.489. The summed E-state index contributed by atoms with van der Waals surface area (Å²) in [4.78, 5) is 0. The Balaban J connectivity index is 0.000000216. The van der Waals surface area contributed by atoms with Crippen LogP contribution in [0.1, 0.15) is 117 Å². The molecule has 1 unspecified atom stereocenters. The molecule has 0 nitrogen and oxygen atoms in total. The Morgan fingerprint density at radius 1 is 0.736 bits per heavy atom. The van der Waals surface area contributed by atoms with Crippen molar-refractivity contribution in [2.24, 2.45) is 29.1 Å². The van der Waals surface area contributed by atoms with Crippen molar-refractivity contribution >= 4 is 25.8 Å². The molecule has 0 aliphatic heterocycles. The molecular weight excluding hydrogens is 784 g/mol. The van der Waals surface area contributed by atoms with E-state index in [1.165, 1.54) is 81.0 Å². The van der Waals surface area contributed by atoms with E-state index < -0.39 is 11.7 Å². The average Bonchev–Trinajstić information content (AvgIpc) is 3.57. The summed E-state index contributed by atoms with van der Waals surface area (Å²) in [7, 11) is 0. The third-order valence-electron chi connectivity index (χ3n) is 11.6. The Labute approximate surface area is 345 Å². The fourth-order valence-corrected chi connectivity index (χ4v) is 9.51. The van der Waals surface area contributed by atoms with Crippen LogP contribution >= 0.6 is 0 Å². The minimum atomic E-state index is -4.23. The summed E-state index contributed by atoms with van der Waals surface area (Å²) in [5.74, 6) is 3.82. The summed E-state index contributed by atoms with van der Waals surface area (Å²) >= 11 is 1.30. The molecule has 0 radical (unpaired) electrons. The van der Waals surface area contributed by atoms with Gasteiger partial charge in [-0.25, -0.2) is 5.57 Å². The van der Waals surface area contributed by atoms with Crippen LogP contribution in [-0.2, 0) is 41.2 Å². The van der Waals surface area contributed by atoms with Gasteiger partial charge >= 0.3 is 34.6 Å². The van der Waals surface area contributed by atoms with Crippen molar-refractivity contribution in [1.29, 1.82) is 0 Å². The quantitative estimate of drug-likeness (QED) is 0.182. The molecule has 4 bridgehead atoms. The van der Waals surface area contributed by atoms with Gasteiger partial charge in [0, 0.05) is 0 Å². The standard InChI is InChI=1S/C21H25.C18H25.C7H4F3.CH2.2ClH.Zr/c1-20(2,3)16-9-7-14-11-15-8-10-17(21(4,5)6)13-19(15)18(14)12-16;1-12-3-13(2)17(4-12)11-18-8-14-5-15(9-18)7-16(6-14)10-18;8-7(9,10)6-4-2-1-3-5-6;;;;/h7-13H,1-6H3;4,12,14-16H,5-11H2,1-2H3;2-5H;1H2;2*1H;/q3*-1;;;;+2/p-2. The number of fused-ring (bicyclic) bond motifs is 3. The van der Waals surface area contributed by atoms with Crippen molar-refractivity contribution in [2.75, 3.05) is 0 Å². The number of hydrogen-bond acceptors (Lipinski definition) is 0. The van der Waals surface area contributed by atoms with Crippen LogP contribution < -0.4 is 24.8 Å². The van der Waals surface area contributed by atoms with Crippen LogP contribution in [0.25, 0.3) is 21.5 Å². The van der Waals surface area contributed by atoms with Crippen molar-refractivity contribution in [3.05, 3.63) is 113 Å². The maximum absolute atomic E-state index is 11.8. The monoisotopic (exact) mass is 837 g/mol. The molecule has 9 rings (SSSR count). The fourth-order valence-electron chi connectivity index (χ4n) is 9.51. The molecule has 0 amide bonds. The Morgan fingerprint density at radius 3 is 1.51 bits per heavy atom. The van der Waals surface area contributed by atoms with Gasteiger partial charge in [-0.1, -0.05) is 109 Å². The molecule has 0 heterocycles. The predicted molar refractivity (Wildman–Crippen MR) is 207 cm³/mol. The normalized spacial score (nSPS) is 24.3. The Kier molecular flexibility index (Phi) is 15.4. The first kappa shape index (κ1) is 45.5. The molecule has 5 aliphatic rings. The van der Waals surface area contributed by atoms with Crippen molar-refractivity contribution in [3.8, 4) is 0 Å². The number of allylic oxidation sites excluding steroid dienone is 4. The molecule has 4 saturated carbocycles. The smallest absolute Gasteiger partial charge is 1.00 e.